The molecule has 16 heavy (non-hydrogen) atoms. The predicted molar refractivity (Wildman–Crippen MR) is 68.5 cm³/mol. The van der Waals surface area contributed by atoms with Gasteiger partial charge in [-0.1, -0.05) is 59.7 Å². The van der Waals surface area contributed by atoms with Gasteiger partial charge in [0, 0.05) is 0 Å². The maximum atomic E-state index is 2.25. The molecular formula is C14H14LiP. The van der Waals surface area contributed by atoms with E-state index in [1.807, 2.05) is 0 Å². The molecule has 0 atom stereocenters. The van der Waals surface area contributed by atoms with Gasteiger partial charge in [0.05, 0.1) is 0 Å². The molecule has 0 radical (unpaired) electrons. The van der Waals surface area contributed by atoms with E-state index in [1.54, 1.807) is 0 Å². The predicted octanol–water partition coefficient (Wildman–Crippen LogP) is 0.204. The van der Waals surface area contributed by atoms with E-state index in [4.69, 9.17) is 0 Å². The van der Waals surface area contributed by atoms with Crippen LogP contribution in [-0.4, -0.2) is 0 Å². The molecule has 76 valence electrons. The van der Waals surface area contributed by atoms with Crippen LogP contribution in [0.2, 0.25) is 0 Å². The summed E-state index contributed by atoms with van der Waals surface area (Å²) in [6.07, 6.45) is 0. The van der Waals surface area contributed by atoms with Gasteiger partial charge in [0.15, 0.2) is 0 Å². The van der Waals surface area contributed by atoms with Gasteiger partial charge >= 0.3 is 18.9 Å². The van der Waals surface area contributed by atoms with Gasteiger partial charge < -0.3 is 8.58 Å². The summed E-state index contributed by atoms with van der Waals surface area (Å²) in [5.41, 5.74) is 2.68. The average Bonchev–Trinajstić information content (AvgIpc) is 2.17. The van der Waals surface area contributed by atoms with E-state index in [-0.39, 0.29) is 18.9 Å². The molecule has 0 aromatic heterocycles. The second-order valence-electron chi connectivity index (χ2n) is 3.79. The summed E-state index contributed by atoms with van der Waals surface area (Å²) in [5, 5.41) is 2.72. The molecule has 0 N–H and O–H groups in total. The van der Waals surface area contributed by atoms with Crippen LogP contribution in [0.1, 0.15) is 11.1 Å². The Kier molecular flexibility index (Phi) is 5.30. The Morgan fingerprint density at radius 2 is 1.31 bits per heavy atom. The molecule has 0 aliphatic carbocycles. The van der Waals surface area contributed by atoms with E-state index < -0.39 is 0 Å². The summed E-state index contributed by atoms with van der Waals surface area (Å²) in [6, 6.07) is 17.3. The monoisotopic (exact) mass is 220 g/mol. The van der Waals surface area contributed by atoms with Gasteiger partial charge in [-0.3, -0.25) is 0 Å². The van der Waals surface area contributed by atoms with Crippen molar-refractivity contribution in [3.05, 3.63) is 59.7 Å². The van der Waals surface area contributed by atoms with Crippen LogP contribution in [0.5, 0.6) is 0 Å². The molecular weight excluding hydrogens is 206 g/mol. The number of benzene rings is 2. The third-order valence-electron chi connectivity index (χ3n) is 2.22. The van der Waals surface area contributed by atoms with Crippen LogP contribution >= 0.6 is 8.58 Å². The van der Waals surface area contributed by atoms with E-state index in [0.29, 0.717) is 0 Å². The minimum atomic E-state index is 0. The summed E-state index contributed by atoms with van der Waals surface area (Å²) >= 11 is 0. The zero-order valence-corrected chi connectivity index (χ0v) is 11.0. The topological polar surface area (TPSA) is 0 Å². The Morgan fingerprint density at radius 3 is 1.88 bits per heavy atom. The average molecular weight is 220 g/mol. The molecule has 0 aliphatic rings. The molecule has 0 nitrogen and oxygen atoms in total. The van der Waals surface area contributed by atoms with Crippen molar-refractivity contribution in [2.75, 3.05) is 0 Å². The second-order valence-corrected chi connectivity index (χ2v) is 5.05. The van der Waals surface area contributed by atoms with Crippen LogP contribution in [0.25, 0.3) is 0 Å². The van der Waals surface area contributed by atoms with Crippen LogP contribution in [0.3, 0.4) is 0 Å². The Labute approximate surface area is 111 Å². The quantitative estimate of drug-likeness (QED) is 0.501. The van der Waals surface area contributed by atoms with Gasteiger partial charge in [0.25, 0.3) is 0 Å². The first-order chi connectivity index (χ1) is 7.24. The molecule has 0 saturated heterocycles. The van der Waals surface area contributed by atoms with E-state index in [1.165, 1.54) is 30.3 Å². The van der Waals surface area contributed by atoms with Crippen LogP contribution in [0.15, 0.2) is 48.5 Å². The van der Waals surface area contributed by atoms with Crippen molar-refractivity contribution in [3.8, 4) is 0 Å². The summed E-state index contributed by atoms with van der Waals surface area (Å²) in [7, 11) is 1.29. The Bertz CT molecular complexity index is 431. The molecule has 0 heterocycles. The van der Waals surface area contributed by atoms with E-state index in [2.05, 4.69) is 62.4 Å². The van der Waals surface area contributed by atoms with Crippen molar-refractivity contribution < 1.29 is 18.9 Å². The van der Waals surface area contributed by atoms with Gasteiger partial charge in [0.1, 0.15) is 0 Å². The summed E-state index contributed by atoms with van der Waals surface area (Å²) in [6.45, 7) is 4.30. The summed E-state index contributed by atoms with van der Waals surface area (Å²) in [5.74, 6) is 0. The molecule has 0 amide bonds. The number of hydrogen-bond donors (Lipinski definition) is 0. The zero-order chi connectivity index (χ0) is 10.7. The van der Waals surface area contributed by atoms with Crippen molar-refractivity contribution >= 4 is 19.2 Å². The maximum Gasteiger partial charge on any atom is 1.00 e. The summed E-state index contributed by atoms with van der Waals surface area (Å²) in [4.78, 5) is 0. The minimum Gasteiger partial charge on any atom is -0.472 e. The molecule has 2 rings (SSSR count). The van der Waals surface area contributed by atoms with Crippen molar-refractivity contribution in [1.29, 1.82) is 0 Å². The second kappa shape index (κ2) is 6.26. The molecule has 0 spiro atoms. The molecule has 0 bridgehead atoms. The third-order valence-corrected chi connectivity index (χ3v) is 3.29. The van der Waals surface area contributed by atoms with Crippen molar-refractivity contribution in [2.45, 2.75) is 13.8 Å². The smallest absolute Gasteiger partial charge is 0.472 e. The molecule has 0 fully saturated rings. The molecule has 2 heteroatoms. The normalized spacial score (nSPS) is 10.4. The molecule has 0 unspecified atom stereocenters. The van der Waals surface area contributed by atoms with Gasteiger partial charge in [-0.05, 0) is 13.8 Å². The number of aryl methyl sites for hydroxylation is 2. The maximum absolute atomic E-state index is 2.25. The fourth-order valence-electron chi connectivity index (χ4n) is 1.67. The number of rotatable bonds is 2. The van der Waals surface area contributed by atoms with Crippen molar-refractivity contribution in [1.82, 2.24) is 0 Å². The molecule has 2 aromatic rings. The molecule has 2 aromatic carbocycles. The van der Waals surface area contributed by atoms with Gasteiger partial charge in [-0.2, -0.15) is 5.30 Å². The third kappa shape index (κ3) is 3.80. The fraction of sp³-hybridized carbons (Fsp3) is 0.143. The van der Waals surface area contributed by atoms with Crippen LogP contribution < -0.4 is 29.5 Å². The summed E-state index contributed by atoms with van der Waals surface area (Å²) < 4.78 is 0. The van der Waals surface area contributed by atoms with Gasteiger partial charge in [-0.15, -0.1) is 0 Å². The standard InChI is InChI=1S/C14H14P.Li/c1-11-8-12(2)10-14(9-11)15-13-6-4-3-5-7-13;/h3-10H,1-2H3;/q-1;+1. The Hall–Kier alpha value is -0.533. The van der Waals surface area contributed by atoms with Gasteiger partial charge in [-0.25, -0.2) is 5.30 Å². The first kappa shape index (κ1) is 13.5. The fourth-order valence-corrected chi connectivity index (χ4v) is 2.82. The van der Waals surface area contributed by atoms with Crippen molar-refractivity contribution in [3.63, 3.8) is 0 Å². The minimum absolute atomic E-state index is 0. The van der Waals surface area contributed by atoms with Gasteiger partial charge in [0.2, 0.25) is 0 Å². The number of hydrogen-bond acceptors (Lipinski definition) is 0. The van der Waals surface area contributed by atoms with Crippen LogP contribution in [0.4, 0.5) is 0 Å². The van der Waals surface area contributed by atoms with Crippen molar-refractivity contribution in [2.24, 2.45) is 0 Å². The first-order valence-electron chi connectivity index (χ1n) is 5.09. The first-order valence-corrected chi connectivity index (χ1v) is 5.98. The van der Waals surface area contributed by atoms with E-state index in [0.717, 1.165) is 0 Å². The Morgan fingerprint density at radius 1 is 0.750 bits per heavy atom. The van der Waals surface area contributed by atoms with E-state index in [9.17, 15) is 0 Å². The van der Waals surface area contributed by atoms with E-state index >= 15 is 0 Å². The Balaban J connectivity index is 0.00000128. The van der Waals surface area contributed by atoms with Crippen LogP contribution in [0, 0.1) is 13.8 Å². The zero-order valence-electron chi connectivity index (χ0n) is 10.1. The SMILES string of the molecule is Cc1cc(C)cc([P-]c2ccccc2)c1.[Li+]. The molecule has 0 aliphatic heterocycles. The molecule has 0 saturated carbocycles. The largest absolute Gasteiger partial charge is 1.00 e. The van der Waals surface area contributed by atoms with Crippen LogP contribution in [-0.2, 0) is 0 Å².